The average Bonchev–Trinajstić information content (AvgIpc) is 2.67. The summed E-state index contributed by atoms with van der Waals surface area (Å²) in [5.74, 6) is 0.675. The van der Waals surface area contributed by atoms with Gasteiger partial charge in [0, 0.05) is 16.5 Å². The molecule has 0 saturated carbocycles. The maximum Gasteiger partial charge on any atom is 0.495 e. The minimum atomic E-state index is -0.956. The van der Waals surface area contributed by atoms with Gasteiger partial charge in [0.1, 0.15) is 5.75 Å². The van der Waals surface area contributed by atoms with E-state index in [0.717, 1.165) is 16.5 Å². The van der Waals surface area contributed by atoms with Gasteiger partial charge in [0.05, 0.1) is 12.7 Å². The first-order valence-electron chi connectivity index (χ1n) is 5.67. The Morgan fingerprint density at radius 3 is 3.00 bits per heavy atom. The minimum absolute atomic E-state index is 0.278. The fourth-order valence-corrected chi connectivity index (χ4v) is 2.58. The summed E-state index contributed by atoms with van der Waals surface area (Å²) in [4.78, 5) is 0. The Morgan fingerprint density at radius 2 is 2.35 bits per heavy atom. The number of hydrogen-bond acceptors (Lipinski definition) is 4. The van der Waals surface area contributed by atoms with Crippen LogP contribution in [0.4, 0.5) is 0 Å². The molecule has 1 atom stereocenters. The average molecular weight is 300 g/mol. The standard InChI is InChI=1S/C11H15BBrNO3/c1-2-5-16-8-4-3-7(13)10-9(6-14)17-12(15)11(8)10/h3-4,9,15H,2,5-6,14H2,1H3/t9-/m1/s1. The molecule has 0 aromatic heterocycles. The summed E-state index contributed by atoms with van der Waals surface area (Å²) in [6.45, 7) is 2.99. The smallest absolute Gasteiger partial charge is 0.494 e. The molecule has 6 heteroatoms. The number of rotatable bonds is 4. The Balaban J connectivity index is 2.42. The van der Waals surface area contributed by atoms with Crippen LogP contribution in [-0.2, 0) is 4.65 Å². The van der Waals surface area contributed by atoms with E-state index in [-0.39, 0.29) is 6.10 Å². The molecule has 17 heavy (non-hydrogen) atoms. The van der Waals surface area contributed by atoms with Crippen LogP contribution in [0.1, 0.15) is 25.0 Å². The van der Waals surface area contributed by atoms with Crippen molar-refractivity contribution in [3.05, 3.63) is 22.2 Å². The van der Waals surface area contributed by atoms with Gasteiger partial charge in [-0.2, -0.15) is 0 Å². The van der Waals surface area contributed by atoms with E-state index >= 15 is 0 Å². The lowest BCUT2D eigenvalue weighted by molar-refractivity contribution is 0.197. The third-order valence-electron chi connectivity index (χ3n) is 2.73. The molecule has 2 rings (SSSR count). The number of fused-ring (bicyclic) bond motifs is 1. The van der Waals surface area contributed by atoms with Gasteiger partial charge in [-0.25, -0.2) is 0 Å². The molecule has 0 spiro atoms. The molecule has 1 aliphatic rings. The molecule has 3 N–H and O–H groups in total. The van der Waals surface area contributed by atoms with Crippen molar-refractivity contribution in [3.63, 3.8) is 0 Å². The van der Waals surface area contributed by atoms with Crippen LogP contribution < -0.4 is 15.9 Å². The molecule has 0 fully saturated rings. The zero-order valence-electron chi connectivity index (χ0n) is 9.65. The second-order valence-electron chi connectivity index (χ2n) is 3.93. The normalized spacial score (nSPS) is 18.4. The van der Waals surface area contributed by atoms with Crippen molar-refractivity contribution in [2.45, 2.75) is 19.4 Å². The van der Waals surface area contributed by atoms with Gasteiger partial charge in [0.15, 0.2) is 0 Å². The Bertz CT molecular complexity index is 416. The topological polar surface area (TPSA) is 64.7 Å². The van der Waals surface area contributed by atoms with Crippen molar-refractivity contribution in [1.29, 1.82) is 0 Å². The third kappa shape index (κ3) is 2.35. The molecule has 4 nitrogen and oxygen atoms in total. The van der Waals surface area contributed by atoms with E-state index in [1.165, 1.54) is 0 Å². The van der Waals surface area contributed by atoms with E-state index in [1.807, 2.05) is 19.1 Å². The van der Waals surface area contributed by atoms with Crippen LogP contribution in [0.25, 0.3) is 0 Å². The fraction of sp³-hybridized carbons (Fsp3) is 0.455. The Kier molecular flexibility index (Phi) is 4.09. The fourth-order valence-electron chi connectivity index (χ4n) is 1.97. The lowest BCUT2D eigenvalue weighted by Gasteiger charge is -2.13. The predicted octanol–water partition coefficient (Wildman–Crippen LogP) is 0.955. The first kappa shape index (κ1) is 12.9. The lowest BCUT2D eigenvalue weighted by atomic mass is 9.78. The maximum atomic E-state index is 9.91. The zero-order valence-corrected chi connectivity index (χ0v) is 11.2. The summed E-state index contributed by atoms with van der Waals surface area (Å²) in [6, 6.07) is 3.73. The van der Waals surface area contributed by atoms with Crippen molar-refractivity contribution in [2.75, 3.05) is 13.2 Å². The van der Waals surface area contributed by atoms with Crippen molar-refractivity contribution in [3.8, 4) is 5.75 Å². The molecule has 1 heterocycles. The van der Waals surface area contributed by atoms with Gasteiger partial charge in [-0.05, 0) is 24.1 Å². The van der Waals surface area contributed by atoms with Crippen LogP contribution in [-0.4, -0.2) is 25.3 Å². The largest absolute Gasteiger partial charge is 0.495 e. The number of halogens is 1. The number of hydrogen-bond donors (Lipinski definition) is 2. The molecular formula is C11H15BBrNO3. The maximum absolute atomic E-state index is 9.91. The summed E-state index contributed by atoms with van der Waals surface area (Å²) in [5.41, 5.74) is 7.23. The summed E-state index contributed by atoms with van der Waals surface area (Å²) in [7, 11) is -0.956. The van der Waals surface area contributed by atoms with Crippen LogP contribution >= 0.6 is 15.9 Å². The highest BCUT2D eigenvalue weighted by atomic mass is 79.9. The van der Waals surface area contributed by atoms with E-state index in [0.29, 0.717) is 24.4 Å². The van der Waals surface area contributed by atoms with Crippen molar-refractivity contribution >= 4 is 28.5 Å². The van der Waals surface area contributed by atoms with E-state index in [1.54, 1.807) is 0 Å². The molecule has 0 unspecified atom stereocenters. The molecule has 0 saturated heterocycles. The molecular weight excluding hydrogens is 285 g/mol. The summed E-state index contributed by atoms with van der Waals surface area (Å²) >= 11 is 3.46. The van der Waals surface area contributed by atoms with E-state index < -0.39 is 7.12 Å². The van der Waals surface area contributed by atoms with Gasteiger partial charge in [-0.1, -0.05) is 22.9 Å². The predicted molar refractivity (Wildman–Crippen MR) is 70.4 cm³/mol. The first-order chi connectivity index (χ1) is 8.19. The highest BCUT2D eigenvalue weighted by Crippen LogP contribution is 2.33. The Hall–Kier alpha value is -0.555. The van der Waals surface area contributed by atoms with Crippen molar-refractivity contribution in [2.24, 2.45) is 5.73 Å². The van der Waals surface area contributed by atoms with E-state index in [9.17, 15) is 5.02 Å². The molecule has 0 amide bonds. The van der Waals surface area contributed by atoms with Gasteiger partial charge in [-0.15, -0.1) is 0 Å². The number of benzene rings is 1. The van der Waals surface area contributed by atoms with Crippen LogP contribution in [0.2, 0.25) is 0 Å². The highest BCUT2D eigenvalue weighted by Gasteiger charge is 2.38. The molecule has 92 valence electrons. The second-order valence-corrected chi connectivity index (χ2v) is 4.79. The SMILES string of the molecule is CCCOc1ccc(Br)c2c1B(O)O[C@@H]2CN. The van der Waals surface area contributed by atoms with Crippen molar-refractivity contribution in [1.82, 2.24) is 0 Å². The summed E-state index contributed by atoms with van der Waals surface area (Å²) in [6.07, 6.45) is 0.641. The quantitative estimate of drug-likeness (QED) is 0.813. The first-order valence-corrected chi connectivity index (χ1v) is 6.47. The molecule has 1 aromatic carbocycles. The van der Waals surface area contributed by atoms with Crippen molar-refractivity contribution < 1.29 is 14.4 Å². The van der Waals surface area contributed by atoms with E-state index in [2.05, 4.69) is 15.9 Å². The highest BCUT2D eigenvalue weighted by molar-refractivity contribution is 9.10. The summed E-state index contributed by atoms with van der Waals surface area (Å²) in [5, 5.41) is 9.91. The number of nitrogens with two attached hydrogens (primary N) is 1. The lowest BCUT2D eigenvalue weighted by Crippen LogP contribution is -2.30. The molecule has 0 radical (unpaired) electrons. The zero-order chi connectivity index (χ0) is 12.4. The van der Waals surface area contributed by atoms with Gasteiger partial charge in [0.2, 0.25) is 0 Å². The Labute approximate surface area is 109 Å². The van der Waals surface area contributed by atoms with Gasteiger partial charge in [-0.3, -0.25) is 0 Å². The second kappa shape index (κ2) is 5.39. The van der Waals surface area contributed by atoms with Crippen LogP contribution in [0.3, 0.4) is 0 Å². The van der Waals surface area contributed by atoms with Gasteiger partial charge < -0.3 is 20.1 Å². The van der Waals surface area contributed by atoms with E-state index in [4.69, 9.17) is 15.1 Å². The van der Waals surface area contributed by atoms with Crippen LogP contribution in [0, 0.1) is 0 Å². The number of ether oxygens (including phenoxy) is 1. The molecule has 0 bridgehead atoms. The molecule has 1 aromatic rings. The minimum Gasteiger partial charge on any atom is -0.494 e. The van der Waals surface area contributed by atoms with Crippen LogP contribution in [0.5, 0.6) is 5.75 Å². The summed E-state index contributed by atoms with van der Waals surface area (Å²) < 4.78 is 11.9. The monoisotopic (exact) mass is 299 g/mol. The third-order valence-corrected chi connectivity index (χ3v) is 3.42. The van der Waals surface area contributed by atoms with Gasteiger partial charge >= 0.3 is 7.12 Å². The molecule has 0 aliphatic carbocycles. The Morgan fingerprint density at radius 1 is 1.59 bits per heavy atom. The van der Waals surface area contributed by atoms with Crippen LogP contribution in [0.15, 0.2) is 16.6 Å². The van der Waals surface area contributed by atoms with Gasteiger partial charge in [0.25, 0.3) is 0 Å². The molecule has 1 aliphatic heterocycles.